The quantitative estimate of drug-likeness (QED) is 0.415. The third kappa shape index (κ3) is 4.95. The summed E-state index contributed by atoms with van der Waals surface area (Å²) in [4.78, 5) is -0.417. The normalized spacial score (nSPS) is 12.5. The average Bonchev–Trinajstić information content (AvgIpc) is 3.15. The second-order valence-corrected chi connectivity index (χ2v) is 9.19. The van der Waals surface area contributed by atoms with E-state index in [0.717, 1.165) is 26.1 Å². The monoisotopic (exact) mass is 521 g/mol. The van der Waals surface area contributed by atoms with Crippen molar-refractivity contribution in [2.24, 2.45) is 0 Å². The van der Waals surface area contributed by atoms with Crippen LogP contribution in [0.25, 0.3) is 0 Å². The fraction of sp³-hybridized carbons (Fsp3) is 0.158. The lowest BCUT2D eigenvalue weighted by atomic mass is 10.2. The van der Waals surface area contributed by atoms with E-state index in [1.807, 2.05) is 12.1 Å². The van der Waals surface area contributed by atoms with Crippen molar-refractivity contribution in [2.45, 2.75) is 24.2 Å². The SMILES string of the molecule is O=S(=O)(c1cccc(C(F)(F)F)c1)N(Cc1ccc(I)cc1)Cc1ccco1. The lowest BCUT2D eigenvalue weighted by Crippen LogP contribution is -2.30. The van der Waals surface area contributed by atoms with Gasteiger partial charge in [-0.25, -0.2) is 8.42 Å². The smallest absolute Gasteiger partial charge is 0.416 e. The molecule has 0 unspecified atom stereocenters. The van der Waals surface area contributed by atoms with Crippen molar-refractivity contribution in [3.63, 3.8) is 0 Å². The first kappa shape index (κ1) is 20.9. The van der Waals surface area contributed by atoms with Gasteiger partial charge in [0.05, 0.1) is 23.3 Å². The Bertz CT molecular complexity index is 1030. The number of rotatable bonds is 6. The van der Waals surface area contributed by atoms with E-state index in [2.05, 4.69) is 22.6 Å². The van der Waals surface area contributed by atoms with E-state index in [-0.39, 0.29) is 13.1 Å². The van der Waals surface area contributed by atoms with Crippen LogP contribution in [0, 0.1) is 3.57 Å². The van der Waals surface area contributed by atoms with Gasteiger partial charge in [-0.2, -0.15) is 17.5 Å². The molecule has 1 heterocycles. The first-order valence-corrected chi connectivity index (χ1v) is 10.6. The zero-order valence-corrected chi connectivity index (χ0v) is 17.3. The molecule has 9 heteroatoms. The highest BCUT2D eigenvalue weighted by molar-refractivity contribution is 14.1. The van der Waals surface area contributed by atoms with Gasteiger partial charge in [0.1, 0.15) is 5.76 Å². The van der Waals surface area contributed by atoms with Crippen molar-refractivity contribution in [1.29, 1.82) is 0 Å². The molecule has 0 spiro atoms. The first-order chi connectivity index (χ1) is 13.2. The topological polar surface area (TPSA) is 50.5 Å². The molecule has 0 saturated heterocycles. The molecule has 0 N–H and O–H groups in total. The minimum absolute atomic E-state index is 0.00377. The number of furan rings is 1. The molecule has 3 rings (SSSR count). The largest absolute Gasteiger partial charge is 0.468 e. The Kier molecular flexibility index (Phi) is 6.15. The maximum atomic E-state index is 13.1. The fourth-order valence-corrected chi connectivity index (χ4v) is 4.38. The highest BCUT2D eigenvalue weighted by Crippen LogP contribution is 2.31. The third-order valence-corrected chi connectivity index (χ3v) is 6.49. The maximum absolute atomic E-state index is 13.1. The summed E-state index contributed by atoms with van der Waals surface area (Å²) in [5, 5.41) is 0. The lowest BCUT2D eigenvalue weighted by Gasteiger charge is -2.22. The summed E-state index contributed by atoms with van der Waals surface area (Å²) in [6.07, 6.45) is -3.22. The standard InChI is InChI=1S/C19H15F3INO3S/c20-19(21,22)15-3-1-5-18(11-15)28(25,26)24(13-17-4-2-10-27-17)12-14-6-8-16(23)9-7-14/h1-11H,12-13H2. The molecule has 0 atom stereocenters. The Morgan fingerprint density at radius 1 is 0.964 bits per heavy atom. The van der Waals surface area contributed by atoms with Gasteiger partial charge in [0, 0.05) is 10.1 Å². The molecule has 0 bridgehead atoms. The molecule has 0 fully saturated rings. The molecule has 0 aliphatic carbocycles. The van der Waals surface area contributed by atoms with Crippen LogP contribution in [0.3, 0.4) is 0 Å². The van der Waals surface area contributed by atoms with Crippen molar-refractivity contribution >= 4 is 32.6 Å². The van der Waals surface area contributed by atoms with Gasteiger partial charge in [0.15, 0.2) is 0 Å². The Morgan fingerprint density at radius 2 is 1.68 bits per heavy atom. The second-order valence-electron chi connectivity index (χ2n) is 6.00. The number of sulfonamides is 1. The number of hydrogen-bond acceptors (Lipinski definition) is 3. The van der Waals surface area contributed by atoms with Crippen LogP contribution >= 0.6 is 22.6 Å². The predicted octanol–water partition coefficient (Wildman–Crippen LogP) is 5.29. The third-order valence-electron chi connectivity index (χ3n) is 3.98. The summed E-state index contributed by atoms with van der Waals surface area (Å²) in [5.74, 6) is 0.390. The van der Waals surface area contributed by atoms with Crippen LogP contribution in [-0.2, 0) is 29.3 Å². The van der Waals surface area contributed by atoms with Crippen LogP contribution < -0.4 is 0 Å². The van der Waals surface area contributed by atoms with Crippen molar-refractivity contribution < 1.29 is 26.0 Å². The molecule has 3 aromatic rings. The van der Waals surface area contributed by atoms with E-state index in [4.69, 9.17) is 4.42 Å². The van der Waals surface area contributed by atoms with Gasteiger partial charge < -0.3 is 4.42 Å². The Morgan fingerprint density at radius 3 is 2.29 bits per heavy atom. The van der Waals surface area contributed by atoms with Gasteiger partial charge in [0.2, 0.25) is 10.0 Å². The van der Waals surface area contributed by atoms with E-state index in [1.165, 1.54) is 6.26 Å². The molecule has 0 saturated carbocycles. The van der Waals surface area contributed by atoms with Gasteiger partial charge >= 0.3 is 6.18 Å². The Hall–Kier alpha value is -1.85. The number of hydrogen-bond donors (Lipinski definition) is 0. The summed E-state index contributed by atoms with van der Waals surface area (Å²) >= 11 is 2.13. The van der Waals surface area contributed by atoms with Crippen molar-refractivity contribution in [3.05, 3.63) is 87.4 Å². The van der Waals surface area contributed by atoms with E-state index in [1.54, 1.807) is 24.3 Å². The number of benzene rings is 2. The van der Waals surface area contributed by atoms with Crippen LogP contribution in [0.5, 0.6) is 0 Å². The van der Waals surface area contributed by atoms with E-state index in [9.17, 15) is 21.6 Å². The van der Waals surface area contributed by atoms with Crippen molar-refractivity contribution in [2.75, 3.05) is 0 Å². The summed E-state index contributed by atoms with van der Waals surface area (Å²) < 4.78 is 72.6. The van der Waals surface area contributed by atoms with E-state index < -0.39 is 26.7 Å². The summed E-state index contributed by atoms with van der Waals surface area (Å²) in [6.45, 7) is -0.103. The molecule has 4 nitrogen and oxygen atoms in total. The van der Waals surface area contributed by atoms with Crippen LogP contribution in [0.1, 0.15) is 16.9 Å². The molecule has 0 aliphatic heterocycles. The van der Waals surface area contributed by atoms with Gasteiger partial charge in [-0.3, -0.25) is 0 Å². The second kappa shape index (κ2) is 8.26. The predicted molar refractivity (Wildman–Crippen MR) is 106 cm³/mol. The zero-order chi connectivity index (χ0) is 20.4. The number of nitrogens with zero attached hydrogens (tertiary/aromatic N) is 1. The van der Waals surface area contributed by atoms with Gasteiger partial charge in [-0.15, -0.1) is 0 Å². The van der Waals surface area contributed by atoms with Gasteiger partial charge in [0.25, 0.3) is 0 Å². The van der Waals surface area contributed by atoms with Crippen LogP contribution in [-0.4, -0.2) is 12.7 Å². The zero-order valence-electron chi connectivity index (χ0n) is 14.4. The van der Waals surface area contributed by atoms with Gasteiger partial charge in [-0.05, 0) is 70.6 Å². The number of halogens is 4. The highest BCUT2D eigenvalue weighted by Gasteiger charge is 2.33. The molecule has 0 amide bonds. The molecule has 148 valence electrons. The van der Waals surface area contributed by atoms with Crippen LogP contribution in [0.2, 0.25) is 0 Å². The molecule has 2 aromatic carbocycles. The lowest BCUT2D eigenvalue weighted by molar-refractivity contribution is -0.137. The summed E-state index contributed by atoms with van der Waals surface area (Å²) in [5.41, 5.74) is -0.302. The van der Waals surface area contributed by atoms with E-state index >= 15 is 0 Å². The number of alkyl halides is 3. The van der Waals surface area contributed by atoms with Crippen molar-refractivity contribution in [1.82, 2.24) is 4.31 Å². The molecule has 28 heavy (non-hydrogen) atoms. The molecule has 0 radical (unpaired) electrons. The van der Waals surface area contributed by atoms with E-state index in [0.29, 0.717) is 17.4 Å². The average molecular weight is 521 g/mol. The summed E-state index contributed by atoms with van der Waals surface area (Å²) in [7, 11) is -4.20. The summed E-state index contributed by atoms with van der Waals surface area (Å²) in [6, 6.07) is 14.2. The van der Waals surface area contributed by atoms with Crippen LogP contribution in [0.15, 0.2) is 76.2 Å². The Labute approximate surface area is 174 Å². The minimum atomic E-state index is -4.63. The maximum Gasteiger partial charge on any atom is 0.416 e. The fourth-order valence-electron chi connectivity index (χ4n) is 2.58. The molecular weight excluding hydrogens is 506 g/mol. The Balaban J connectivity index is 1.99. The molecular formula is C19H15F3INO3S. The van der Waals surface area contributed by atoms with Crippen LogP contribution in [0.4, 0.5) is 13.2 Å². The first-order valence-electron chi connectivity index (χ1n) is 8.10. The minimum Gasteiger partial charge on any atom is -0.468 e. The van der Waals surface area contributed by atoms with Gasteiger partial charge in [-0.1, -0.05) is 18.2 Å². The van der Waals surface area contributed by atoms with Crippen molar-refractivity contribution in [3.8, 4) is 0 Å². The highest BCUT2D eigenvalue weighted by atomic mass is 127. The molecule has 0 aliphatic rings. The molecule has 1 aromatic heterocycles.